The third-order valence-electron chi connectivity index (χ3n) is 2.04. The molecule has 6 heteroatoms. The molecule has 0 aliphatic heterocycles. The molecule has 0 saturated heterocycles. The standard InChI is InChI=1S/C9H14N4O2/c1-5(2)7-8(13(14)15)6(3)11-9(10-4)12-7/h5H,1-4H3,(H,10,11,12). The van der Waals surface area contributed by atoms with Crippen LogP contribution in [0.2, 0.25) is 0 Å². The van der Waals surface area contributed by atoms with Crippen LogP contribution in [0, 0.1) is 17.0 Å². The third kappa shape index (κ3) is 2.20. The Bertz CT molecular complexity index is 390. The minimum absolute atomic E-state index is 0.000741. The highest BCUT2D eigenvalue weighted by Gasteiger charge is 2.23. The van der Waals surface area contributed by atoms with Gasteiger partial charge in [0, 0.05) is 13.0 Å². The van der Waals surface area contributed by atoms with E-state index in [-0.39, 0.29) is 11.6 Å². The molecule has 1 aromatic heterocycles. The summed E-state index contributed by atoms with van der Waals surface area (Å²) in [6.07, 6.45) is 0. The summed E-state index contributed by atoms with van der Waals surface area (Å²) in [5, 5.41) is 13.6. The van der Waals surface area contributed by atoms with Gasteiger partial charge in [-0.05, 0) is 6.92 Å². The molecule has 1 aromatic rings. The average molecular weight is 210 g/mol. The van der Waals surface area contributed by atoms with Crippen LogP contribution in [0.4, 0.5) is 11.6 Å². The van der Waals surface area contributed by atoms with Crippen LogP contribution in [0.15, 0.2) is 0 Å². The van der Waals surface area contributed by atoms with Crippen molar-refractivity contribution in [1.82, 2.24) is 9.97 Å². The number of nitro groups is 1. The molecule has 82 valence electrons. The number of aromatic nitrogens is 2. The lowest BCUT2D eigenvalue weighted by atomic mass is 10.1. The summed E-state index contributed by atoms with van der Waals surface area (Å²) in [6.45, 7) is 5.36. The van der Waals surface area contributed by atoms with E-state index >= 15 is 0 Å². The summed E-state index contributed by atoms with van der Waals surface area (Å²) in [6, 6.07) is 0. The monoisotopic (exact) mass is 210 g/mol. The predicted octanol–water partition coefficient (Wildman–Crippen LogP) is 1.86. The first-order chi connectivity index (χ1) is 6.97. The number of nitrogens with zero attached hydrogens (tertiary/aromatic N) is 3. The molecule has 0 atom stereocenters. The van der Waals surface area contributed by atoms with Gasteiger partial charge in [-0.3, -0.25) is 10.1 Å². The van der Waals surface area contributed by atoms with E-state index in [1.165, 1.54) is 0 Å². The first kappa shape index (κ1) is 11.4. The van der Waals surface area contributed by atoms with Crippen LogP contribution in [0.3, 0.4) is 0 Å². The van der Waals surface area contributed by atoms with Gasteiger partial charge in [0.25, 0.3) is 0 Å². The van der Waals surface area contributed by atoms with Crippen molar-refractivity contribution in [2.45, 2.75) is 26.7 Å². The van der Waals surface area contributed by atoms with E-state index in [9.17, 15) is 10.1 Å². The molecule has 0 saturated carbocycles. The Labute approximate surface area is 87.9 Å². The summed E-state index contributed by atoms with van der Waals surface area (Å²) in [5.41, 5.74) is 0.879. The minimum atomic E-state index is -0.426. The molecular weight excluding hydrogens is 196 g/mol. The second-order valence-corrected chi connectivity index (χ2v) is 3.53. The SMILES string of the molecule is CNc1nc(C)c([N+](=O)[O-])c(C(C)C)n1. The Morgan fingerprint density at radius 1 is 1.40 bits per heavy atom. The van der Waals surface area contributed by atoms with E-state index in [2.05, 4.69) is 15.3 Å². The molecule has 0 fully saturated rings. The smallest absolute Gasteiger partial charge is 0.312 e. The van der Waals surface area contributed by atoms with Crippen molar-refractivity contribution in [2.24, 2.45) is 0 Å². The van der Waals surface area contributed by atoms with E-state index in [0.717, 1.165) is 0 Å². The Morgan fingerprint density at radius 2 is 2.00 bits per heavy atom. The summed E-state index contributed by atoms with van der Waals surface area (Å²) in [4.78, 5) is 18.5. The van der Waals surface area contributed by atoms with Crippen molar-refractivity contribution in [2.75, 3.05) is 12.4 Å². The number of hydrogen-bond donors (Lipinski definition) is 1. The van der Waals surface area contributed by atoms with Gasteiger partial charge in [-0.15, -0.1) is 0 Å². The van der Waals surface area contributed by atoms with Crippen molar-refractivity contribution in [3.63, 3.8) is 0 Å². The van der Waals surface area contributed by atoms with E-state index in [4.69, 9.17) is 0 Å². The minimum Gasteiger partial charge on any atom is -0.357 e. The molecular formula is C9H14N4O2. The molecule has 0 bridgehead atoms. The second kappa shape index (κ2) is 4.20. The van der Waals surface area contributed by atoms with Crippen LogP contribution < -0.4 is 5.32 Å². The molecule has 0 radical (unpaired) electrons. The van der Waals surface area contributed by atoms with Crippen molar-refractivity contribution < 1.29 is 4.92 Å². The molecule has 6 nitrogen and oxygen atoms in total. The van der Waals surface area contributed by atoms with Crippen LogP contribution in [0.1, 0.15) is 31.2 Å². The first-order valence-corrected chi connectivity index (χ1v) is 4.68. The van der Waals surface area contributed by atoms with Crippen molar-refractivity contribution in [1.29, 1.82) is 0 Å². The van der Waals surface area contributed by atoms with Crippen LogP contribution in [0.5, 0.6) is 0 Å². The Hall–Kier alpha value is -1.72. The summed E-state index contributed by atoms with van der Waals surface area (Å²) in [5.74, 6) is 0.418. The fraction of sp³-hybridized carbons (Fsp3) is 0.556. The highest BCUT2D eigenvalue weighted by Crippen LogP contribution is 2.27. The van der Waals surface area contributed by atoms with Gasteiger partial charge in [-0.1, -0.05) is 13.8 Å². The van der Waals surface area contributed by atoms with Crippen LogP contribution in [0.25, 0.3) is 0 Å². The number of nitrogens with one attached hydrogen (secondary N) is 1. The van der Waals surface area contributed by atoms with Gasteiger partial charge in [-0.2, -0.15) is 0 Å². The first-order valence-electron chi connectivity index (χ1n) is 4.68. The average Bonchev–Trinajstić information content (AvgIpc) is 2.15. The predicted molar refractivity (Wildman–Crippen MR) is 57.1 cm³/mol. The number of rotatable bonds is 3. The zero-order chi connectivity index (χ0) is 11.6. The Morgan fingerprint density at radius 3 is 2.40 bits per heavy atom. The fourth-order valence-corrected chi connectivity index (χ4v) is 1.33. The topological polar surface area (TPSA) is 81.0 Å². The van der Waals surface area contributed by atoms with Crippen LogP contribution in [-0.2, 0) is 0 Å². The van der Waals surface area contributed by atoms with Crippen LogP contribution >= 0.6 is 0 Å². The van der Waals surface area contributed by atoms with E-state index < -0.39 is 4.92 Å². The molecule has 0 aliphatic carbocycles. The largest absolute Gasteiger partial charge is 0.357 e. The molecule has 15 heavy (non-hydrogen) atoms. The van der Waals surface area contributed by atoms with E-state index in [1.807, 2.05) is 13.8 Å². The number of anilines is 1. The van der Waals surface area contributed by atoms with Gasteiger partial charge in [0.15, 0.2) is 0 Å². The lowest BCUT2D eigenvalue weighted by Gasteiger charge is -2.09. The zero-order valence-electron chi connectivity index (χ0n) is 9.24. The van der Waals surface area contributed by atoms with Crippen molar-refractivity contribution >= 4 is 11.6 Å². The van der Waals surface area contributed by atoms with Crippen molar-refractivity contribution in [3.8, 4) is 0 Å². The zero-order valence-corrected chi connectivity index (χ0v) is 9.24. The second-order valence-electron chi connectivity index (χ2n) is 3.53. The van der Waals surface area contributed by atoms with Gasteiger partial charge in [-0.25, -0.2) is 9.97 Å². The van der Waals surface area contributed by atoms with E-state index in [0.29, 0.717) is 17.3 Å². The van der Waals surface area contributed by atoms with Gasteiger partial charge in [0.05, 0.1) is 4.92 Å². The quantitative estimate of drug-likeness (QED) is 0.608. The highest BCUT2D eigenvalue weighted by molar-refractivity contribution is 5.45. The molecule has 0 amide bonds. The normalized spacial score (nSPS) is 10.5. The highest BCUT2D eigenvalue weighted by atomic mass is 16.6. The fourth-order valence-electron chi connectivity index (χ4n) is 1.33. The third-order valence-corrected chi connectivity index (χ3v) is 2.04. The van der Waals surface area contributed by atoms with Gasteiger partial charge >= 0.3 is 5.69 Å². The maximum Gasteiger partial charge on any atom is 0.312 e. The summed E-state index contributed by atoms with van der Waals surface area (Å²) in [7, 11) is 1.69. The molecule has 0 aliphatic rings. The molecule has 1 heterocycles. The molecule has 0 unspecified atom stereocenters. The van der Waals surface area contributed by atoms with Gasteiger partial charge < -0.3 is 5.32 Å². The summed E-state index contributed by atoms with van der Waals surface area (Å²) >= 11 is 0. The van der Waals surface area contributed by atoms with Gasteiger partial charge in [0.1, 0.15) is 11.4 Å². The molecule has 1 N–H and O–H groups in total. The van der Waals surface area contributed by atoms with E-state index in [1.54, 1.807) is 14.0 Å². The number of hydrogen-bond acceptors (Lipinski definition) is 5. The summed E-state index contributed by atoms with van der Waals surface area (Å²) < 4.78 is 0. The van der Waals surface area contributed by atoms with Crippen LogP contribution in [-0.4, -0.2) is 21.9 Å². The Kier molecular flexibility index (Phi) is 3.18. The Balaban J connectivity index is 3.42. The number of aryl methyl sites for hydroxylation is 1. The lowest BCUT2D eigenvalue weighted by Crippen LogP contribution is -2.08. The maximum absolute atomic E-state index is 10.9. The maximum atomic E-state index is 10.9. The molecule has 1 rings (SSSR count). The lowest BCUT2D eigenvalue weighted by molar-refractivity contribution is -0.386. The molecule has 0 spiro atoms. The molecule has 0 aromatic carbocycles. The van der Waals surface area contributed by atoms with Gasteiger partial charge in [0.2, 0.25) is 5.95 Å². The van der Waals surface area contributed by atoms with Crippen molar-refractivity contribution in [3.05, 3.63) is 21.5 Å².